The van der Waals surface area contributed by atoms with Crippen LogP contribution in [0.2, 0.25) is 0 Å². The number of methoxy groups -OCH3 is 1. The first kappa shape index (κ1) is 20.0. The number of benzene rings is 2. The molecule has 0 saturated heterocycles. The molecule has 1 aromatic heterocycles. The standard InChI is InChI=1S/C23H29N3O2/c1-18(16-26-12-11-25-19(26)2)14-24-15-21-9-10-22(27-3)23(13-21)28-17-20-7-5-4-6-8-20/h4-13,18,24H,14-17H2,1-3H3. The van der Waals surface area contributed by atoms with Crippen LogP contribution in [-0.4, -0.2) is 23.2 Å². The lowest BCUT2D eigenvalue weighted by Crippen LogP contribution is -2.24. The topological polar surface area (TPSA) is 48.3 Å². The van der Waals surface area contributed by atoms with E-state index >= 15 is 0 Å². The first-order valence-electron chi connectivity index (χ1n) is 9.68. The van der Waals surface area contributed by atoms with Crippen molar-refractivity contribution in [3.8, 4) is 11.5 Å². The van der Waals surface area contributed by atoms with Gasteiger partial charge in [-0.1, -0.05) is 43.3 Å². The lowest BCUT2D eigenvalue weighted by molar-refractivity contribution is 0.284. The monoisotopic (exact) mass is 379 g/mol. The predicted molar refractivity (Wildman–Crippen MR) is 112 cm³/mol. The van der Waals surface area contributed by atoms with Gasteiger partial charge in [0.05, 0.1) is 7.11 Å². The third kappa shape index (κ3) is 5.60. The number of nitrogens with zero attached hydrogens (tertiary/aromatic N) is 2. The third-order valence-corrected chi connectivity index (χ3v) is 4.72. The van der Waals surface area contributed by atoms with Gasteiger partial charge in [-0.25, -0.2) is 4.98 Å². The minimum absolute atomic E-state index is 0.514. The number of nitrogens with one attached hydrogen (secondary N) is 1. The van der Waals surface area contributed by atoms with Gasteiger partial charge in [-0.05, 0) is 42.6 Å². The molecule has 0 radical (unpaired) electrons. The van der Waals surface area contributed by atoms with E-state index < -0.39 is 0 Å². The molecule has 1 unspecified atom stereocenters. The van der Waals surface area contributed by atoms with Crippen LogP contribution in [0.4, 0.5) is 0 Å². The maximum atomic E-state index is 6.00. The Bertz CT molecular complexity index is 861. The molecule has 5 nitrogen and oxygen atoms in total. The van der Waals surface area contributed by atoms with E-state index in [1.165, 1.54) is 5.56 Å². The normalized spacial score (nSPS) is 12.0. The molecule has 2 aromatic carbocycles. The molecule has 148 valence electrons. The van der Waals surface area contributed by atoms with Crippen LogP contribution in [0.1, 0.15) is 23.9 Å². The molecular formula is C23H29N3O2. The van der Waals surface area contributed by atoms with E-state index in [4.69, 9.17) is 9.47 Å². The average molecular weight is 380 g/mol. The second-order valence-corrected chi connectivity index (χ2v) is 7.12. The lowest BCUT2D eigenvalue weighted by Gasteiger charge is -2.16. The van der Waals surface area contributed by atoms with E-state index in [0.717, 1.165) is 42.5 Å². The van der Waals surface area contributed by atoms with Gasteiger partial charge in [-0.15, -0.1) is 0 Å². The molecule has 0 amide bonds. The maximum absolute atomic E-state index is 6.00. The molecule has 5 heteroatoms. The molecule has 0 aliphatic carbocycles. The Balaban J connectivity index is 1.53. The Kier molecular flexibility index (Phi) is 7.09. The van der Waals surface area contributed by atoms with Crippen molar-refractivity contribution in [1.29, 1.82) is 0 Å². The lowest BCUT2D eigenvalue weighted by atomic mass is 10.1. The van der Waals surface area contributed by atoms with Crippen molar-refractivity contribution in [1.82, 2.24) is 14.9 Å². The van der Waals surface area contributed by atoms with Gasteiger partial charge < -0.3 is 19.4 Å². The van der Waals surface area contributed by atoms with Gasteiger partial charge >= 0.3 is 0 Å². The fourth-order valence-electron chi connectivity index (χ4n) is 3.14. The summed E-state index contributed by atoms with van der Waals surface area (Å²) in [5.41, 5.74) is 2.31. The van der Waals surface area contributed by atoms with E-state index in [9.17, 15) is 0 Å². The molecule has 28 heavy (non-hydrogen) atoms. The van der Waals surface area contributed by atoms with Crippen LogP contribution in [0.25, 0.3) is 0 Å². The number of imidazole rings is 1. The number of hydrogen-bond acceptors (Lipinski definition) is 4. The van der Waals surface area contributed by atoms with Crippen LogP contribution < -0.4 is 14.8 Å². The Hall–Kier alpha value is -2.79. The summed E-state index contributed by atoms with van der Waals surface area (Å²) in [5, 5.41) is 3.54. The van der Waals surface area contributed by atoms with Gasteiger partial charge in [0, 0.05) is 25.5 Å². The number of hydrogen-bond donors (Lipinski definition) is 1. The Morgan fingerprint density at radius 2 is 1.89 bits per heavy atom. The summed E-state index contributed by atoms with van der Waals surface area (Å²) in [5.74, 6) is 3.10. The van der Waals surface area contributed by atoms with Gasteiger partial charge in [0.1, 0.15) is 12.4 Å². The predicted octanol–water partition coefficient (Wildman–Crippen LogP) is 4.21. The van der Waals surface area contributed by atoms with Gasteiger partial charge in [0.15, 0.2) is 11.5 Å². The fourth-order valence-corrected chi connectivity index (χ4v) is 3.14. The second-order valence-electron chi connectivity index (χ2n) is 7.12. The minimum atomic E-state index is 0.514. The molecule has 3 rings (SSSR count). The first-order valence-corrected chi connectivity index (χ1v) is 9.68. The van der Waals surface area contributed by atoms with Crippen LogP contribution in [0.5, 0.6) is 11.5 Å². The summed E-state index contributed by atoms with van der Waals surface area (Å²) in [6, 6.07) is 16.3. The van der Waals surface area contributed by atoms with E-state index in [1.54, 1.807) is 7.11 Å². The first-order chi connectivity index (χ1) is 13.7. The highest BCUT2D eigenvalue weighted by atomic mass is 16.5. The quantitative estimate of drug-likeness (QED) is 0.573. The molecule has 0 bridgehead atoms. The van der Waals surface area contributed by atoms with E-state index in [2.05, 4.69) is 46.1 Å². The van der Waals surface area contributed by atoms with Crippen LogP contribution in [0.15, 0.2) is 60.9 Å². The highest BCUT2D eigenvalue weighted by molar-refractivity contribution is 5.43. The molecule has 0 aliphatic heterocycles. The smallest absolute Gasteiger partial charge is 0.161 e. The minimum Gasteiger partial charge on any atom is -0.493 e. The van der Waals surface area contributed by atoms with Crippen molar-refractivity contribution in [3.05, 3.63) is 77.9 Å². The van der Waals surface area contributed by atoms with E-state index in [-0.39, 0.29) is 0 Å². The Morgan fingerprint density at radius 1 is 1.07 bits per heavy atom. The largest absolute Gasteiger partial charge is 0.493 e. The van der Waals surface area contributed by atoms with Crippen LogP contribution in [0.3, 0.4) is 0 Å². The van der Waals surface area contributed by atoms with Crippen LogP contribution in [-0.2, 0) is 19.7 Å². The van der Waals surface area contributed by atoms with Crippen molar-refractivity contribution in [3.63, 3.8) is 0 Å². The maximum Gasteiger partial charge on any atom is 0.161 e. The zero-order chi connectivity index (χ0) is 19.8. The van der Waals surface area contributed by atoms with Crippen molar-refractivity contribution in [2.75, 3.05) is 13.7 Å². The zero-order valence-corrected chi connectivity index (χ0v) is 16.9. The molecule has 0 fully saturated rings. The van der Waals surface area contributed by atoms with Crippen LogP contribution >= 0.6 is 0 Å². The number of rotatable bonds is 10. The summed E-state index contributed by atoms with van der Waals surface area (Å²) in [6.07, 6.45) is 3.88. The summed E-state index contributed by atoms with van der Waals surface area (Å²) in [6.45, 7) is 7.49. The van der Waals surface area contributed by atoms with E-state index in [1.807, 2.05) is 43.6 Å². The number of aromatic nitrogens is 2. The summed E-state index contributed by atoms with van der Waals surface area (Å²) in [4.78, 5) is 4.28. The highest BCUT2D eigenvalue weighted by Crippen LogP contribution is 2.29. The van der Waals surface area contributed by atoms with Crippen molar-refractivity contribution < 1.29 is 9.47 Å². The second kappa shape index (κ2) is 9.95. The zero-order valence-electron chi connectivity index (χ0n) is 16.9. The number of ether oxygens (including phenoxy) is 2. The summed E-state index contributed by atoms with van der Waals surface area (Å²) < 4.78 is 13.6. The fraction of sp³-hybridized carbons (Fsp3) is 0.348. The SMILES string of the molecule is COc1ccc(CNCC(C)Cn2ccnc2C)cc1OCc1ccccc1. The molecule has 0 spiro atoms. The molecule has 1 heterocycles. The molecular weight excluding hydrogens is 350 g/mol. The molecule has 1 atom stereocenters. The van der Waals surface area contributed by atoms with E-state index in [0.29, 0.717) is 12.5 Å². The van der Waals surface area contributed by atoms with Crippen molar-refractivity contribution in [2.24, 2.45) is 5.92 Å². The van der Waals surface area contributed by atoms with Crippen molar-refractivity contribution in [2.45, 2.75) is 33.5 Å². The van der Waals surface area contributed by atoms with Gasteiger partial charge in [-0.2, -0.15) is 0 Å². The van der Waals surface area contributed by atoms with Gasteiger partial charge in [0.25, 0.3) is 0 Å². The Labute approximate surface area is 167 Å². The average Bonchev–Trinajstić information content (AvgIpc) is 3.11. The summed E-state index contributed by atoms with van der Waals surface area (Å²) >= 11 is 0. The van der Waals surface area contributed by atoms with Gasteiger partial charge in [-0.3, -0.25) is 0 Å². The van der Waals surface area contributed by atoms with Crippen LogP contribution in [0, 0.1) is 12.8 Å². The summed E-state index contributed by atoms with van der Waals surface area (Å²) in [7, 11) is 1.67. The third-order valence-electron chi connectivity index (χ3n) is 4.72. The molecule has 0 aliphatic rings. The Morgan fingerprint density at radius 3 is 2.61 bits per heavy atom. The van der Waals surface area contributed by atoms with Gasteiger partial charge in [0.2, 0.25) is 0 Å². The molecule has 0 saturated carbocycles. The highest BCUT2D eigenvalue weighted by Gasteiger charge is 2.08. The number of aryl methyl sites for hydroxylation is 1. The molecule has 1 N–H and O–H groups in total. The van der Waals surface area contributed by atoms with Crippen molar-refractivity contribution >= 4 is 0 Å². The molecule has 3 aromatic rings.